The molecule has 0 spiro atoms. The molecule has 0 bridgehead atoms. The summed E-state index contributed by atoms with van der Waals surface area (Å²) in [6.45, 7) is 4.70. The summed E-state index contributed by atoms with van der Waals surface area (Å²) in [6.07, 6.45) is 0.845. The first-order chi connectivity index (χ1) is 15.3. The number of carbonyl (C=O) groups excluding carboxylic acids is 3. The number of piperidine rings is 1. The Morgan fingerprint density at radius 1 is 0.969 bits per heavy atom. The predicted molar refractivity (Wildman–Crippen MR) is 118 cm³/mol. The average Bonchev–Trinajstić information content (AvgIpc) is 2.78. The molecule has 3 aliphatic heterocycles. The molecule has 4 amide bonds. The quantitative estimate of drug-likeness (QED) is 0.648. The molecule has 2 N–H and O–H groups in total. The Morgan fingerprint density at radius 3 is 2.19 bits per heavy atom. The molecule has 3 saturated heterocycles. The SMILES string of the molecule is CC1NC(=O)NC(=O)C1S(=O)(=O)N1CCC(C(=O)N2CCN(c3ccccc3)CC2)CC1. The van der Waals surface area contributed by atoms with Gasteiger partial charge >= 0.3 is 6.03 Å². The van der Waals surface area contributed by atoms with Crippen molar-refractivity contribution < 1.29 is 22.8 Å². The number of imide groups is 1. The smallest absolute Gasteiger partial charge is 0.321 e. The minimum Gasteiger partial charge on any atom is -0.368 e. The van der Waals surface area contributed by atoms with Gasteiger partial charge in [0.05, 0.1) is 6.04 Å². The lowest BCUT2D eigenvalue weighted by Crippen LogP contribution is -2.64. The summed E-state index contributed by atoms with van der Waals surface area (Å²) in [4.78, 5) is 40.7. The van der Waals surface area contributed by atoms with E-state index in [4.69, 9.17) is 0 Å². The van der Waals surface area contributed by atoms with Gasteiger partial charge in [0.25, 0.3) is 0 Å². The summed E-state index contributed by atoms with van der Waals surface area (Å²) in [5, 5.41) is 3.12. The number of piperazine rings is 1. The predicted octanol–water partition coefficient (Wildman–Crippen LogP) is -0.0265. The van der Waals surface area contributed by atoms with Gasteiger partial charge in [0.1, 0.15) is 0 Å². The molecule has 32 heavy (non-hydrogen) atoms. The maximum Gasteiger partial charge on any atom is 0.321 e. The molecular formula is C21H29N5O5S. The van der Waals surface area contributed by atoms with Gasteiger partial charge in [0.15, 0.2) is 5.25 Å². The lowest BCUT2D eigenvalue weighted by Gasteiger charge is -2.40. The zero-order valence-electron chi connectivity index (χ0n) is 18.1. The van der Waals surface area contributed by atoms with Crippen molar-refractivity contribution in [3.05, 3.63) is 30.3 Å². The molecule has 3 aliphatic rings. The number of rotatable bonds is 4. The molecule has 0 aromatic heterocycles. The van der Waals surface area contributed by atoms with Crippen molar-refractivity contribution in [3.63, 3.8) is 0 Å². The second kappa shape index (κ2) is 9.07. The van der Waals surface area contributed by atoms with Crippen LogP contribution in [-0.2, 0) is 19.6 Å². The summed E-state index contributed by atoms with van der Waals surface area (Å²) in [5.41, 5.74) is 1.15. The third-order valence-electron chi connectivity index (χ3n) is 6.50. The lowest BCUT2D eigenvalue weighted by molar-refractivity contribution is -0.137. The lowest BCUT2D eigenvalue weighted by atomic mass is 9.96. The molecular weight excluding hydrogens is 434 g/mol. The minimum absolute atomic E-state index is 0.0748. The van der Waals surface area contributed by atoms with Crippen molar-refractivity contribution >= 4 is 33.6 Å². The van der Waals surface area contributed by atoms with Gasteiger partial charge in [-0.1, -0.05) is 18.2 Å². The summed E-state index contributed by atoms with van der Waals surface area (Å²) < 4.78 is 27.3. The third-order valence-corrected chi connectivity index (χ3v) is 8.85. The number of benzene rings is 1. The summed E-state index contributed by atoms with van der Waals surface area (Å²) in [7, 11) is -3.94. The highest BCUT2D eigenvalue weighted by Gasteiger charge is 2.46. The van der Waals surface area contributed by atoms with E-state index in [0.29, 0.717) is 25.9 Å². The van der Waals surface area contributed by atoms with Gasteiger partial charge in [0.2, 0.25) is 21.8 Å². The Bertz CT molecular complexity index is 970. The molecule has 0 aliphatic carbocycles. The van der Waals surface area contributed by atoms with Crippen LogP contribution in [0.1, 0.15) is 19.8 Å². The van der Waals surface area contributed by atoms with E-state index in [-0.39, 0.29) is 24.9 Å². The summed E-state index contributed by atoms with van der Waals surface area (Å²) >= 11 is 0. The second-order valence-electron chi connectivity index (χ2n) is 8.54. The van der Waals surface area contributed by atoms with Crippen LogP contribution in [0.3, 0.4) is 0 Å². The topological polar surface area (TPSA) is 119 Å². The van der Waals surface area contributed by atoms with Gasteiger partial charge in [-0.2, -0.15) is 0 Å². The van der Waals surface area contributed by atoms with Crippen LogP contribution >= 0.6 is 0 Å². The van der Waals surface area contributed by atoms with Crippen molar-refractivity contribution in [1.29, 1.82) is 0 Å². The van der Waals surface area contributed by atoms with Gasteiger partial charge in [-0.15, -0.1) is 0 Å². The Hall–Kier alpha value is -2.66. The van der Waals surface area contributed by atoms with Crippen LogP contribution in [0.4, 0.5) is 10.5 Å². The number of hydrogen-bond donors (Lipinski definition) is 2. The van der Waals surface area contributed by atoms with Crippen molar-refractivity contribution in [1.82, 2.24) is 19.8 Å². The maximum atomic E-state index is 13.0. The fourth-order valence-electron chi connectivity index (χ4n) is 4.72. The number of nitrogens with one attached hydrogen (secondary N) is 2. The number of carbonyl (C=O) groups is 3. The Kier molecular flexibility index (Phi) is 6.38. The van der Waals surface area contributed by atoms with Crippen LogP contribution in [0.25, 0.3) is 0 Å². The Labute approximate surface area is 188 Å². The largest absolute Gasteiger partial charge is 0.368 e. The molecule has 2 unspecified atom stereocenters. The highest BCUT2D eigenvalue weighted by molar-refractivity contribution is 7.90. The number of sulfonamides is 1. The molecule has 10 nitrogen and oxygen atoms in total. The van der Waals surface area contributed by atoms with Crippen LogP contribution < -0.4 is 15.5 Å². The molecule has 3 fully saturated rings. The molecule has 1 aromatic rings. The highest BCUT2D eigenvalue weighted by Crippen LogP contribution is 2.26. The zero-order valence-corrected chi connectivity index (χ0v) is 18.9. The summed E-state index contributed by atoms with van der Waals surface area (Å²) in [5.74, 6) is -0.955. The van der Waals surface area contributed by atoms with E-state index < -0.39 is 33.3 Å². The summed E-state index contributed by atoms with van der Waals surface area (Å²) in [6, 6.07) is 8.60. The van der Waals surface area contributed by atoms with E-state index in [0.717, 1.165) is 18.8 Å². The fraction of sp³-hybridized carbons (Fsp3) is 0.571. The first-order valence-electron chi connectivity index (χ1n) is 11.0. The van der Waals surface area contributed by atoms with Crippen LogP contribution in [-0.4, -0.2) is 86.0 Å². The average molecular weight is 464 g/mol. The van der Waals surface area contributed by atoms with Crippen LogP contribution in [0.15, 0.2) is 30.3 Å². The highest BCUT2D eigenvalue weighted by atomic mass is 32.2. The molecule has 3 heterocycles. The normalized spacial score (nSPS) is 25.9. The van der Waals surface area contributed by atoms with Gasteiger partial charge in [-0.3, -0.25) is 14.9 Å². The fourth-order valence-corrected chi connectivity index (χ4v) is 6.68. The van der Waals surface area contributed by atoms with Crippen LogP contribution in [0.5, 0.6) is 0 Å². The number of hydrogen-bond acceptors (Lipinski definition) is 6. The molecule has 0 saturated carbocycles. The van der Waals surface area contributed by atoms with E-state index in [2.05, 4.69) is 22.3 Å². The van der Waals surface area contributed by atoms with Gasteiger partial charge in [-0.25, -0.2) is 17.5 Å². The first kappa shape index (κ1) is 22.5. The standard InChI is InChI=1S/C21H29N5O5S/c1-15-18(19(27)23-21(29)22-15)32(30,31)26-9-7-16(8-10-26)20(28)25-13-11-24(12-14-25)17-5-3-2-4-6-17/h2-6,15-16,18H,7-14H2,1H3,(H2,22,23,27,29). The van der Waals surface area contributed by atoms with E-state index in [1.165, 1.54) is 11.2 Å². The molecule has 4 rings (SSSR count). The number of nitrogens with zero attached hydrogens (tertiary/aromatic N) is 3. The van der Waals surface area contributed by atoms with Crippen molar-refractivity contribution in [2.45, 2.75) is 31.1 Å². The first-order valence-corrected chi connectivity index (χ1v) is 12.5. The van der Waals surface area contributed by atoms with E-state index in [9.17, 15) is 22.8 Å². The zero-order chi connectivity index (χ0) is 22.9. The number of anilines is 1. The number of para-hydroxylation sites is 1. The molecule has 1 aromatic carbocycles. The molecule has 0 radical (unpaired) electrons. The molecule has 11 heteroatoms. The number of amides is 4. The van der Waals surface area contributed by atoms with E-state index in [1.807, 2.05) is 28.4 Å². The Balaban J connectivity index is 1.31. The van der Waals surface area contributed by atoms with Crippen molar-refractivity contribution in [2.75, 3.05) is 44.2 Å². The van der Waals surface area contributed by atoms with Crippen molar-refractivity contribution in [3.8, 4) is 0 Å². The molecule has 174 valence electrons. The van der Waals surface area contributed by atoms with Crippen LogP contribution in [0, 0.1) is 5.92 Å². The van der Waals surface area contributed by atoms with E-state index >= 15 is 0 Å². The van der Waals surface area contributed by atoms with Gasteiger partial charge in [-0.05, 0) is 31.9 Å². The number of urea groups is 1. The van der Waals surface area contributed by atoms with Crippen molar-refractivity contribution in [2.24, 2.45) is 5.92 Å². The van der Waals surface area contributed by atoms with Gasteiger partial charge in [0, 0.05) is 50.9 Å². The maximum absolute atomic E-state index is 13.0. The second-order valence-corrected chi connectivity index (χ2v) is 10.6. The minimum atomic E-state index is -3.94. The molecule has 2 atom stereocenters. The van der Waals surface area contributed by atoms with Gasteiger partial charge < -0.3 is 15.1 Å². The third kappa shape index (κ3) is 4.44. The van der Waals surface area contributed by atoms with E-state index in [1.54, 1.807) is 0 Å². The Morgan fingerprint density at radius 2 is 1.59 bits per heavy atom. The van der Waals surface area contributed by atoms with Crippen LogP contribution in [0.2, 0.25) is 0 Å². The monoisotopic (exact) mass is 463 g/mol.